The fraction of sp³-hybridized carbons (Fsp3) is 0.0909. The Kier molecular flexibility index (Phi) is 4.56. The number of nitrogen functional groups attached to an aromatic ring is 1. The molecule has 0 saturated carbocycles. The van der Waals surface area contributed by atoms with Gasteiger partial charge >= 0.3 is 5.97 Å². The van der Waals surface area contributed by atoms with Crippen molar-refractivity contribution in [3.05, 3.63) is 86.8 Å². The number of aromatic nitrogens is 3. The number of carbonyl (C=O) groups is 1. The summed E-state index contributed by atoms with van der Waals surface area (Å²) < 4.78 is 15.5. The molecule has 8 nitrogen and oxygen atoms in total. The van der Waals surface area contributed by atoms with Gasteiger partial charge in [0, 0.05) is 30.4 Å². The Bertz CT molecular complexity index is 1460. The third-order valence-corrected chi connectivity index (χ3v) is 5.77. The minimum absolute atomic E-state index is 0.0886. The van der Waals surface area contributed by atoms with Crippen LogP contribution in [0.25, 0.3) is 16.6 Å². The van der Waals surface area contributed by atoms with Gasteiger partial charge in [-0.2, -0.15) is 0 Å². The maximum Gasteiger partial charge on any atom is 0.341 e. The van der Waals surface area contributed by atoms with E-state index >= 15 is 0 Å². The highest BCUT2D eigenvalue weighted by Crippen LogP contribution is 2.35. The van der Waals surface area contributed by atoms with Crippen LogP contribution in [-0.2, 0) is 13.1 Å². The number of carboxylic acids is 1. The molecule has 0 spiro atoms. The van der Waals surface area contributed by atoms with E-state index in [0.29, 0.717) is 24.3 Å². The fourth-order valence-corrected chi connectivity index (χ4v) is 4.17. The minimum Gasteiger partial charge on any atom is -0.477 e. The second-order valence-electron chi connectivity index (χ2n) is 7.39. The van der Waals surface area contributed by atoms with Crippen molar-refractivity contribution >= 4 is 40.0 Å². The zero-order chi connectivity index (χ0) is 22.6. The first-order valence-corrected chi connectivity index (χ1v) is 9.92. The second-order valence-corrected chi connectivity index (χ2v) is 7.80. The third kappa shape index (κ3) is 3.14. The summed E-state index contributed by atoms with van der Waals surface area (Å²) in [4.78, 5) is 34.7. The largest absolute Gasteiger partial charge is 0.477 e. The highest BCUT2D eigenvalue weighted by molar-refractivity contribution is 6.34. The van der Waals surface area contributed by atoms with Gasteiger partial charge in [-0.25, -0.2) is 14.2 Å². The average molecular weight is 452 g/mol. The molecular formula is C22H15ClFN5O3. The Hall–Kier alpha value is -3.98. The Morgan fingerprint density at radius 2 is 2.03 bits per heavy atom. The molecule has 4 aromatic rings. The van der Waals surface area contributed by atoms with E-state index < -0.39 is 22.8 Å². The Morgan fingerprint density at radius 3 is 2.75 bits per heavy atom. The fourth-order valence-electron chi connectivity index (χ4n) is 3.88. The molecule has 4 heterocycles. The van der Waals surface area contributed by atoms with Gasteiger partial charge in [0.25, 0.3) is 0 Å². The lowest BCUT2D eigenvalue weighted by molar-refractivity contribution is 0.0695. The molecule has 0 saturated heterocycles. The van der Waals surface area contributed by atoms with Crippen LogP contribution in [0.15, 0.2) is 53.7 Å². The molecule has 3 N–H and O–H groups in total. The van der Waals surface area contributed by atoms with E-state index in [-0.39, 0.29) is 21.9 Å². The number of carboxylic acid groups (broad SMARTS) is 1. The Labute approximate surface area is 185 Å². The number of rotatable bonds is 3. The summed E-state index contributed by atoms with van der Waals surface area (Å²) in [6.45, 7) is 1.10. The summed E-state index contributed by atoms with van der Waals surface area (Å²) in [7, 11) is 0. The number of hydrogen-bond donors (Lipinski definition) is 2. The number of benzene rings is 1. The van der Waals surface area contributed by atoms with Gasteiger partial charge in [-0.3, -0.25) is 9.78 Å². The molecule has 0 radical (unpaired) electrons. The van der Waals surface area contributed by atoms with Crippen molar-refractivity contribution in [1.82, 2.24) is 14.5 Å². The van der Waals surface area contributed by atoms with Crippen molar-refractivity contribution in [2.75, 3.05) is 10.6 Å². The van der Waals surface area contributed by atoms with Crippen LogP contribution >= 0.6 is 11.6 Å². The molecule has 0 unspecified atom stereocenters. The lowest BCUT2D eigenvalue weighted by Crippen LogP contribution is -2.20. The van der Waals surface area contributed by atoms with E-state index in [1.54, 1.807) is 12.3 Å². The smallest absolute Gasteiger partial charge is 0.341 e. The summed E-state index contributed by atoms with van der Waals surface area (Å²) >= 11 is 6.53. The van der Waals surface area contributed by atoms with Crippen molar-refractivity contribution in [2.24, 2.45) is 0 Å². The van der Waals surface area contributed by atoms with E-state index in [0.717, 1.165) is 23.5 Å². The van der Waals surface area contributed by atoms with Gasteiger partial charge in [-0.1, -0.05) is 17.7 Å². The van der Waals surface area contributed by atoms with Crippen LogP contribution in [0, 0.1) is 5.82 Å². The quantitative estimate of drug-likeness (QED) is 0.490. The van der Waals surface area contributed by atoms with Gasteiger partial charge in [0.1, 0.15) is 5.56 Å². The monoisotopic (exact) mass is 451 g/mol. The van der Waals surface area contributed by atoms with Gasteiger partial charge in [-0.05, 0) is 23.8 Å². The molecule has 1 aliphatic rings. The van der Waals surface area contributed by atoms with Crippen molar-refractivity contribution in [2.45, 2.75) is 13.1 Å². The van der Waals surface area contributed by atoms with Crippen LogP contribution in [0.1, 0.15) is 21.6 Å². The number of hydrogen-bond acceptors (Lipinski definition) is 6. The molecule has 0 aliphatic carbocycles. The molecule has 32 heavy (non-hydrogen) atoms. The van der Waals surface area contributed by atoms with Crippen molar-refractivity contribution < 1.29 is 14.3 Å². The zero-order valence-corrected chi connectivity index (χ0v) is 17.2. The third-order valence-electron chi connectivity index (χ3n) is 5.46. The van der Waals surface area contributed by atoms with Gasteiger partial charge in [-0.15, -0.1) is 0 Å². The molecule has 1 aromatic carbocycles. The van der Waals surface area contributed by atoms with E-state index in [9.17, 15) is 19.1 Å². The predicted octanol–water partition coefficient (Wildman–Crippen LogP) is 3.37. The Morgan fingerprint density at radius 1 is 1.22 bits per heavy atom. The highest BCUT2D eigenvalue weighted by Gasteiger charge is 2.24. The van der Waals surface area contributed by atoms with Crippen LogP contribution in [0.5, 0.6) is 0 Å². The number of pyridine rings is 3. The number of nitrogens with zero attached hydrogens (tertiary/aromatic N) is 4. The molecular weight excluding hydrogens is 437 g/mol. The summed E-state index contributed by atoms with van der Waals surface area (Å²) in [5.41, 5.74) is 7.51. The summed E-state index contributed by atoms with van der Waals surface area (Å²) in [5, 5.41) is 9.90. The van der Waals surface area contributed by atoms with Gasteiger partial charge in [0.15, 0.2) is 11.6 Å². The molecule has 10 heteroatoms. The number of fused-ring (bicyclic) bond motifs is 2. The van der Waals surface area contributed by atoms with Crippen LogP contribution in [0.4, 0.5) is 15.9 Å². The lowest BCUT2D eigenvalue weighted by Gasteiger charge is -2.21. The standard InChI is InChI=1S/C22H15ClFN5O3/c23-15-5-13-18(6-19(15)28-8-11-2-1-3-26-17(11)10-28)29(9-14(20(13)30)22(31)32)12-4-16(24)21(25)27-7-12/h1-7,9H,8,10H2,(H2,25,27)(H,31,32). The van der Waals surface area contributed by atoms with Gasteiger partial charge in [0.2, 0.25) is 5.43 Å². The maximum atomic E-state index is 14.1. The first-order chi connectivity index (χ1) is 15.3. The van der Waals surface area contributed by atoms with Crippen LogP contribution in [0.2, 0.25) is 5.02 Å². The normalized spacial score (nSPS) is 12.9. The molecule has 5 rings (SSSR count). The topological polar surface area (TPSA) is 114 Å². The summed E-state index contributed by atoms with van der Waals surface area (Å²) in [6, 6.07) is 8.09. The van der Waals surface area contributed by atoms with Crippen LogP contribution in [-0.4, -0.2) is 25.6 Å². The molecule has 0 fully saturated rings. The SMILES string of the molecule is Nc1ncc(-n2cc(C(=O)O)c(=O)c3cc(Cl)c(N4Cc5cccnc5C4)cc32)cc1F. The molecule has 160 valence electrons. The zero-order valence-electron chi connectivity index (χ0n) is 16.4. The van der Waals surface area contributed by atoms with E-state index in [4.69, 9.17) is 17.3 Å². The van der Waals surface area contributed by atoms with Crippen LogP contribution in [0.3, 0.4) is 0 Å². The van der Waals surface area contributed by atoms with Crippen molar-refractivity contribution in [3.8, 4) is 5.69 Å². The van der Waals surface area contributed by atoms with Crippen molar-refractivity contribution in [3.63, 3.8) is 0 Å². The summed E-state index contributed by atoms with van der Waals surface area (Å²) in [6.07, 6.45) is 4.17. The minimum atomic E-state index is -1.41. The highest BCUT2D eigenvalue weighted by atomic mass is 35.5. The van der Waals surface area contributed by atoms with E-state index in [1.807, 2.05) is 17.0 Å². The van der Waals surface area contributed by atoms with E-state index in [2.05, 4.69) is 9.97 Å². The first-order valence-electron chi connectivity index (χ1n) is 9.55. The number of anilines is 2. The number of halogens is 2. The van der Waals surface area contributed by atoms with E-state index in [1.165, 1.54) is 16.8 Å². The number of nitrogens with two attached hydrogens (primary N) is 1. The molecule has 0 amide bonds. The maximum absolute atomic E-state index is 14.1. The van der Waals surface area contributed by atoms with Crippen molar-refractivity contribution in [1.29, 1.82) is 0 Å². The Balaban J connectivity index is 1.75. The van der Waals surface area contributed by atoms with Gasteiger partial charge < -0.3 is 20.3 Å². The summed E-state index contributed by atoms with van der Waals surface area (Å²) in [5.74, 6) is -2.46. The average Bonchev–Trinajstić information content (AvgIpc) is 3.20. The molecule has 3 aromatic heterocycles. The lowest BCUT2D eigenvalue weighted by atomic mass is 10.1. The molecule has 0 bridgehead atoms. The second kappa shape index (κ2) is 7.31. The molecule has 0 atom stereocenters. The molecule has 1 aliphatic heterocycles. The first kappa shape index (κ1) is 20.0. The number of aromatic carboxylic acids is 1. The van der Waals surface area contributed by atoms with Gasteiger partial charge in [0.05, 0.1) is 40.3 Å². The predicted molar refractivity (Wildman–Crippen MR) is 118 cm³/mol. The van der Waals surface area contributed by atoms with Crippen LogP contribution < -0.4 is 16.1 Å².